The molecule has 1 aliphatic rings. The van der Waals surface area contributed by atoms with Gasteiger partial charge in [0.2, 0.25) is 0 Å². The molecule has 21 heavy (non-hydrogen) atoms. The van der Waals surface area contributed by atoms with Crippen LogP contribution in [0.1, 0.15) is 11.3 Å². The van der Waals surface area contributed by atoms with E-state index >= 15 is 0 Å². The molecule has 9 heteroatoms. The van der Waals surface area contributed by atoms with Crippen LogP contribution in [-0.4, -0.2) is 27.2 Å². The van der Waals surface area contributed by atoms with E-state index in [2.05, 4.69) is 10.3 Å². The number of nitrogens with one attached hydrogen (secondary N) is 2. The first-order chi connectivity index (χ1) is 9.70. The maximum absolute atomic E-state index is 9.75. The van der Waals surface area contributed by atoms with Gasteiger partial charge in [-0.15, -0.1) is 0 Å². The van der Waals surface area contributed by atoms with Crippen molar-refractivity contribution in [1.82, 2.24) is 10.3 Å². The van der Waals surface area contributed by atoms with Gasteiger partial charge in [0.15, 0.2) is 0 Å². The van der Waals surface area contributed by atoms with E-state index in [1.54, 1.807) is 0 Å². The predicted molar refractivity (Wildman–Crippen MR) is 86.6 cm³/mol. The summed E-state index contributed by atoms with van der Waals surface area (Å²) < 4.78 is 5.31. The van der Waals surface area contributed by atoms with Crippen molar-refractivity contribution >= 4 is 51.0 Å². The van der Waals surface area contributed by atoms with E-state index in [-0.39, 0.29) is 5.88 Å². The molecule has 0 bridgehead atoms. The summed E-state index contributed by atoms with van der Waals surface area (Å²) in [5, 5.41) is 3.94. The van der Waals surface area contributed by atoms with Crippen LogP contribution in [0.5, 0.6) is 0 Å². The normalized spacial score (nSPS) is 24.5. The van der Waals surface area contributed by atoms with Crippen LogP contribution in [0.15, 0.2) is 24.3 Å². The van der Waals surface area contributed by atoms with Gasteiger partial charge in [0.25, 0.3) is 0 Å². The number of aromatic nitrogens is 1. The van der Waals surface area contributed by atoms with Gasteiger partial charge >= 0.3 is 136 Å². The second kappa shape index (κ2) is 4.95. The van der Waals surface area contributed by atoms with E-state index in [0.717, 1.165) is 23.0 Å². The Morgan fingerprint density at radius 3 is 2.67 bits per heavy atom. The van der Waals surface area contributed by atoms with E-state index in [1.165, 1.54) is 0 Å². The van der Waals surface area contributed by atoms with Crippen molar-refractivity contribution in [2.75, 3.05) is 12.4 Å². The number of fused-ring (bicyclic) bond motifs is 3. The summed E-state index contributed by atoms with van der Waals surface area (Å²) in [6, 6.07) is 7.60. The number of rotatable bonds is 3. The SMILES string of the molecule is OP(O)(Cl)(Cl)OC1(CCl)NCCc2[nH]c3ccccc3c21. The molecule has 3 rings (SSSR count). The van der Waals surface area contributed by atoms with E-state index in [0.29, 0.717) is 12.1 Å². The summed E-state index contributed by atoms with van der Waals surface area (Å²) >= 11 is 17.2. The second-order valence-corrected chi connectivity index (χ2v) is 11.1. The van der Waals surface area contributed by atoms with Crippen LogP contribution in [-0.2, 0) is 16.7 Å². The first kappa shape index (κ1) is 15.8. The Morgan fingerprint density at radius 1 is 1.29 bits per heavy atom. The molecule has 0 saturated heterocycles. The van der Waals surface area contributed by atoms with Crippen molar-refractivity contribution in [2.45, 2.75) is 12.1 Å². The Hall–Kier alpha value is -0.100. The number of hydrogen-bond acceptors (Lipinski definition) is 4. The summed E-state index contributed by atoms with van der Waals surface area (Å²) in [6.07, 6.45) is 0.726. The standard InChI is InChI=1S/C12H14Cl3N2O3P/c13-7-12(20-21(14,15,18)19)11-8-3-1-2-4-9(8)17-10(11)5-6-16-12/h1-4,16-19H,5-7H2. The predicted octanol–water partition coefficient (Wildman–Crippen LogP) is 3.31. The van der Waals surface area contributed by atoms with E-state index in [1.807, 2.05) is 24.3 Å². The molecule has 5 nitrogen and oxygen atoms in total. The molecule has 1 aliphatic heterocycles. The van der Waals surface area contributed by atoms with Crippen molar-refractivity contribution < 1.29 is 14.3 Å². The molecule has 116 valence electrons. The van der Waals surface area contributed by atoms with Crippen LogP contribution in [0.2, 0.25) is 0 Å². The van der Waals surface area contributed by atoms with Crippen molar-refractivity contribution in [3.63, 3.8) is 0 Å². The summed E-state index contributed by atoms with van der Waals surface area (Å²) in [4.78, 5) is 22.8. The van der Waals surface area contributed by atoms with Crippen LogP contribution < -0.4 is 5.32 Å². The number of H-pyrrole nitrogens is 1. The van der Waals surface area contributed by atoms with Gasteiger partial charge in [0.1, 0.15) is 0 Å². The molecule has 0 saturated carbocycles. The second-order valence-electron chi connectivity index (χ2n) is 5.01. The molecule has 1 unspecified atom stereocenters. The Kier molecular flexibility index (Phi) is 3.72. The Bertz CT molecular complexity index is 691. The van der Waals surface area contributed by atoms with Gasteiger partial charge in [-0.2, -0.15) is 0 Å². The number of hydrogen-bond donors (Lipinski definition) is 4. The molecule has 2 aromatic rings. The molecule has 0 spiro atoms. The third-order valence-corrected chi connectivity index (χ3v) is 4.87. The van der Waals surface area contributed by atoms with Crippen molar-refractivity contribution in [1.29, 1.82) is 0 Å². The van der Waals surface area contributed by atoms with Gasteiger partial charge in [-0.05, 0) is 0 Å². The van der Waals surface area contributed by atoms with Gasteiger partial charge in [-0.25, -0.2) is 0 Å². The van der Waals surface area contributed by atoms with Gasteiger partial charge in [0, 0.05) is 0 Å². The minimum absolute atomic E-state index is 0.0830. The van der Waals surface area contributed by atoms with Crippen molar-refractivity contribution in [3.8, 4) is 0 Å². The first-order valence-corrected chi connectivity index (χ1v) is 10.7. The van der Waals surface area contributed by atoms with Crippen molar-refractivity contribution in [2.24, 2.45) is 0 Å². The van der Waals surface area contributed by atoms with Gasteiger partial charge in [-0.3, -0.25) is 0 Å². The number of para-hydroxylation sites is 1. The summed E-state index contributed by atoms with van der Waals surface area (Å²) in [7, 11) is 0. The first-order valence-electron chi connectivity index (χ1n) is 6.28. The fraction of sp³-hybridized carbons (Fsp3) is 0.333. The molecule has 2 heterocycles. The van der Waals surface area contributed by atoms with Gasteiger partial charge in [0.05, 0.1) is 0 Å². The van der Waals surface area contributed by atoms with Gasteiger partial charge < -0.3 is 0 Å². The Morgan fingerprint density at radius 2 is 2.00 bits per heavy atom. The van der Waals surface area contributed by atoms with E-state index in [9.17, 15) is 9.79 Å². The number of aromatic amines is 1. The molecule has 4 N–H and O–H groups in total. The van der Waals surface area contributed by atoms with Crippen LogP contribution in [0.3, 0.4) is 0 Å². The zero-order valence-electron chi connectivity index (χ0n) is 10.8. The molecule has 1 aromatic heterocycles. The Labute approximate surface area is 135 Å². The quantitative estimate of drug-likeness (QED) is 0.493. The topological polar surface area (TPSA) is 77.5 Å². The number of benzene rings is 1. The molecular formula is C12H14Cl3N2O3P. The number of halogens is 3. The van der Waals surface area contributed by atoms with Crippen LogP contribution in [0.25, 0.3) is 10.9 Å². The summed E-state index contributed by atoms with van der Waals surface area (Å²) in [6.45, 7) is 0.535. The minimum atomic E-state index is -5.25. The monoisotopic (exact) mass is 370 g/mol. The third-order valence-electron chi connectivity index (χ3n) is 3.47. The zero-order valence-corrected chi connectivity index (χ0v) is 14.0. The molecular weight excluding hydrogens is 357 g/mol. The Balaban J connectivity index is 2.22. The molecule has 0 fully saturated rings. The summed E-state index contributed by atoms with van der Waals surface area (Å²) in [5.41, 5.74) is 1.16. The average molecular weight is 372 g/mol. The third kappa shape index (κ3) is 3.03. The maximum atomic E-state index is 9.75. The van der Waals surface area contributed by atoms with Crippen LogP contribution in [0.4, 0.5) is 0 Å². The molecule has 0 amide bonds. The zero-order chi connectivity index (χ0) is 15.3. The number of alkyl halides is 1. The molecule has 0 radical (unpaired) electrons. The van der Waals surface area contributed by atoms with Crippen LogP contribution in [0, 0.1) is 0 Å². The molecule has 1 aromatic carbocycles. The molecule has 0 aliphatic carbocycles. The van der Waals surface area contributed by atoms with E-state index in [4.69, 9.17) is 38.6 Å². The van der Waals surface area contributed by atoms with Crippen LogP contribution >= 0.6 is 40.1 Å². The fourth-order valence-electron chi connectivity index (χ4n) is 2.80. The summed E-state index contributed by atoms with van der Waals surface area (Å²) in [5.74, 6) is -5.34. The average Bonchev–Trinajstić information content (AvgIpc) is 2.75. The van der Waals surface area contributed by atoms with Crippen molar-refractivity contribution in [3.05, 3.63) is 35.5 Å². The molecule has 1 atom stereocenters. The van der Waals surface area contributed by atoms with E-state index < -0.39 is 11.7 Å². The van der Waals surface area contributed by atoms with Gasteiger partial charge in [-0.1, -0.05) is 0 Å². The fourth-order valence-corrected chi connectivity index (χ4v) is 4.60.